The smallest absolute Gasteiger partial charge is 0.403 e. The van der Waals surface area contributed by atoms with Gasteiger partial charge in [0, 0.05) is 17.2 Å². The summed E-state index contributed by atoms with van der Waals surface area (Å²) in [5, 5.41) is 2.79. The molecule has 35 heavy (non-hydrogen) atoms. The van der Waals surface area contributed by atoms with Crippen molar-refractivity contribution in [2.45, 2.75) is 55.9 Å². The van der Waals surface area contributed by atoms with Gasteiger partial charge in [0.1, 0.15) is 17.5 Å². The number of hydrogen-bond acceptors (Lipinski definition) is 6. The van der Waals surface area contributed by atoms with E-state index >= 15 is 0 Å². The van der Waals surface area contributed by atoms with Gasteiger partial charge in [-0.25, -0.2) is 9.55 Å². The number of fused-ring (bicyclic) bond motifs is 1. The molecule has 188 valence electrons. The van der Waals surface area contributed by atoms with Gasteiger partial charge in [-0.05, 0) is 43.0 Å². The maximum atomic E-state index is 13.5. The highest BCUT2D eigenvalue weighted by molar-refractivity contribution is 7.99. The number of rotatable bonds is 8. The Morgan fingerprint density at radius 3 is 2.66 bits per heavy atom. The summed E-state index contributed by atoms with van der Waals surface area (Å²) < 4.78 is 15.4. The van der Waals surface area contributed by atoms with Crippen LogP contribution in [-0.2, 0) is 9.36 Å². The van der Waals surface area contributed by atoms with Crippen molar-refractivity contribution in [1.29, 1.82) is 0 Å². The summed E-state index contributed by atoms with van der Waals surface area (Å²) in [5.41, 5.74) is 0.895. The molecule has 1 saturated carbocycles. The fourth-order valence-corrected chi connectivity index (χ4v) is 6.10. The van der Waals surface area contributed by atoms with Gasteiger partial charge >= 0.3 is 7.82 Å². The van der Waals surface area contributed by atoms with Gasteiger partial charge in [0.05, 0.1) is 11.9 Å². The van der Waals surface area contributed by atoms with Gasteiger partial charge in [-0.3, -0.25) is 19.4 Å². The van der Waals surface area contributed by atoms with E-state index in [1.165, 1.54) is 56.0 Å². The first-order valence-corrected chi connectivity index (χ1v) is 14.4. The van der Waals surface area contributed by atoms with Crippen molar-refractivity contribution < 1.29 is 28.5 Å². The molecule has 2 amide bonds. The molecule has 0 bridgehead atoms. The van der Waals surface area contributed by atoms with Crippen molar-refractivity contribution in [3.63, 3.8) is 0 Å². The molecule has 2 aromatic rings. The summed E-state index contributed by atoms with van der Waals surface area (Å²) in [4.78, 5) is 50.9. The summed E-state index contributed by atoms with van der Waals surface area (Å²) in [5.74, 6) is 0.269. The lowest BCUT2D eigenvalue weighted by Gasteiger charge is -2.27. The largest absolute Gasteiger partial charge is 0.524 e. The number of aromatic nitrogens is 1. The quantitative estimate of drug-likeness (QED) is 0.444. The molecule has 1 fully saturated rings. The Bertz CT molecular complexity index is 1090. The molecule has 1 aromatic heterocycles. The predicted octanol–water partition coefficient (Wildman–Crippen LogP) is 4.15. The van der Waals surface area contributed by atoms with Crippen molar-refractivity contribution >= 4 is 37.1 Å². The summed E-state index contributed by atoms with van der Waals surface area (Å²) in [6.07, 6.45) is 9.52. The maximum absolute atomic E-state index is 13.5. The highest BCUT2D eigenvalue weighted by atomic mass is 32.2. The molecule has 2 aliphatic rings. The Morgan fingerprint density at radius 2 is 1.94 bits per heavy atom. The topological polar surface area (TPSA) is 129 Å². The van der Waals surface area contributed by atoms with E-state index < -0.39 is 19.8 Å². The number of nitrogens with one attached hydrogen (secondary N) is 1. The number of phosphoric ester groups is 1. The minimum atomic E-state index is -4.72. The third-order valence-corrected chi connectivity index (χ3v) is 7.95. The van der Waals surface area contributed by atoms with Crippen molar-refractivity contribution in [3.8, 4) is 5.75 Å². The molecular weight excluding hydrogens is 489 g/mol. The van der Waals surface area contributed by atoms with Crippen LogP contribution in [0.4, 0.5) is 5.69 Å². The number of anilines is 1. The van der Waals surface area contributed by atoms with Crippen LogP contribution in [0.25, 0.3) is 0 Å². The van der Waals surface area contributed by atoms with E-state index in [0.717, 1.165) is 35.5 Å². The van der Waals surface area contributed by atoms with Gasteiger partial charge in [-0.2, -0.15) is 0 Å². The number of amides is 2. The Kier molecular flexibility index (Phi) is 8.49. The van der Waals surface area contributed by atoms with Crippen molar-refractivity contribution in [1.82, 2.24) is 10.3 Å². The number of pyridine rings is 1. The number of para-hydroxylation sites is 1. The van der Waals surface area contributed by atoms with Crippen molar-refractivity contribution in [2.75, 3.05) is 17.2 Å². The fourth-order valence-electron chi connectivity index (χ4n) is 4.64. The molecule has 11 heteroatoms. The Morgan fingerprint density at radius 1 is 1.17 bits per heavy atom. The lowest BCUT2D eigenvalue weighted by atomic mass is 9.86. The lowest BCUT2D eigenvalue weighted by Crippen LogP contribution is -2.49. The SMILES string of the molecule is O=C(NC1CSc2ccccc2N(CCCC2CCCCC2)C1=O)c1ccc(OP(=O)(O)O)cn1. The summed E-state index contributed by atoms with van der Waals surface area (Å²) in [6.45, 7) is 0.603. The van der Waals surface area contributed by atoms with E-state index in [1.54, 1.807) is 4.90 Å². The zero-order valence-corrected chi connectivity index (χ0v) is 21.0. The molecule has 1 atom stereocenters. The van der Waals surface area contributed by atoms with Gasteiger partial charge in [0.25, 0.3) is 5.91 Å². The molecule has 1 aliphatic heterocycles. The van der Waals surface area contributed by atoms with E-state index in [2.05, 4.69) is 14.8 Å². The van der Waals surface area contributed by atoms with Crippen LogP contribution in [0.5, 0.6) is 5.75 Å². The fraction of sp³-hybridized carbons (Fsp3) is 0.458. The number of benzene rings is 1. The van der Waals surface area contributed by atoms with Gasteiger partial charge in [0.2, 0.25) is 5.91 Å². The van der Waals surface area contributed by atoms with Gasteiger partial charge in [0.15, 0.2) is 0 Å². The van der Waals surface area contributed by atoms with Crippen LogP contribution in [0.2, 0.25) is 0 Å². The van der Waals surface area contributed by atoms with E-state index in [9.17, 15) is 14.2 Å². The standard InChI is InChI=1S/C24H30N3O6PS/c28-23(19-13-12-18(15-25-19)33-34(30,31)32)26-20-16-35-22-11-5-4-10-21(22)27(24(20)29)14-6-9-17-7-2-1-3-8-17/h4-5,10-13,15,17,20H,1-3,6-9,14,16H2,(H,26,28)(H2,30,31,32). The molecule has 1 unspecified atom stereocenters. The monoisotopic (exact) mass is 519 g/mol. The average molecular weight is 520 g/mol. The molecular formula is C24H30N3O6PS. The Balaban J connectivity index is 1.43. The summed E-state index contributed by atoms with van der Waals surface area (Å²) in [7, 11) is -4.72. The van der Waals surface area contributed by atoms with E-state index in [0.29, 0.717) is 12.3 Å². The second-order valence-electron chi connectivity index (χ2n) is 8.90. The number of hydrogen-bond donors (Lipinski definition) is 3. The zero-order chi connectivity index (χ0) is 24.8. The first-order chi connectivity index (χ1) is 16.8. The highest BCUT2D eigenvalue weighted by Crippen LogP contribution is 2.37. The van der Waals surface area contributed by atoms with Gasteiger partial charge in [-0.15, -0.1) is 11.8 Å². The summed E-state index contributed by atoms with van der Waals surface area (Å²) >= 11 is 1.53. The highest BCUT2D eigenvalue weighted by Gasteiger charge is 2.32. The minimum Gasteiger partial charge on any atom is -0.403 e. The van der Waals surface area contributed by atoms with E-state index in [-0.39, 0.29) is 17.4 Å². The molecule has 4 rings (SSSR count). The molecule has 0 radical (unpaired) electrons. The number of phosphoric acid groups is 1. The molecule has 9 nitrogen and oxygen atoms in total. The molecule has 0 spiro atoms. The number of carbonyl (C=O) groups is 2. The molecule has 0 saturated heterocycles. The van der Waals surface area contributed by atoms with Gasteiger partial charge in [-0.1, -0.05) is 44.2 Å². The second kappa shape index (κ2) is 11.6. The van der Waals surface area contributed by atoms with Crippen LogP contribution < -0.4 is 14.7 Å². The number of nitrogens with zero attached hydrogens (tertiary/aromatic N) is 2. The zero-order valence-electron chi connectivity index (χ0n) is 19.3. The van der Waals surface area contributed by atoms with Crippen LogP contribution in [0, 0.1) is 5.92 Å². The third-order valence-electron chi connectivity index (χ3n) is 6.34. The second-order valence-corrected chi connectivity index (χ2v) is 11.1. The van der Waals surface area contributed by atoms with Crippen LogP contribution in [0.15, 0.2) is 47.5 Å². The van der Waals surface area contributed by atoms with Gasteiger partial charge < -0.3 is 14.7 Å². The third kappa shape index (κ3) is 7.07. The van der Waals surface area contributed by atoms with E-state index in [4.69, 9.17) is 9.79 Å². The van der Waals surface area contributed by atoms with Crippen molar-refractivity contribution in [3.05, 3.63) is 48.3 Å². The van der Waals surface area contributed by atoms with Crippen molar-refractivity contribution in [2.24, 2.45) is 5.92 Å². The normalized spacial score (nSPS) is 19.1. The van der Waals surface area contributed by atoms with Crippen LogP contribution in [0.3, 0.4) is 0 Å². The number of thioether (sulfide) groups is 1. The summed E-state index contributed by atoms with van der Waals surface area (Å²) in [6, 6.07) is 9.62. The lowest BCUT2D eigenvalue weighted by molar-refractivity contribution is -0.119. The molecule has 3 N–H and O–H groups in total. The van der Waals surface area contributed by atoms with Crippen LogP contribution in [-0.4, -0.2) is 44.9 Å². The first-order valence-electron chi connectivity index (χ1n) is 11.9. The van der Waals surface area contributed by atoms with Crippen LogP contribution in [0.1, 0.15) is 55.4 Å². The Hall–Kier alpha value is -2.39. The number of carbonyl (C=O) groups excluding carboxylic acids is 2. The minimum absolute atomic E-state index is 0.0199. The Labute approximate surface area is 208 Å². The predicted molar refractivity (Wildman–Crippen MR) is 133 cm³/mol. The average Bonchev–Trinajstić information content (AvgIpc) is 2.96. The first kappa shape index (κ1) is 25.7. The molecule has 1 aliphatic carbocycles. The molecule has 1 aromatic carbocycles. The maximum Gasteiger partial charge on any atom is 0.524 e. The van der Waals surface area contributed by atoms with E-state index in [1.807, 2.05) is 24.3 Å². The van der Waals surface area contributed by atoms with Crippen LogP contribution >= 0.6 is 19.6 Å². The molecule has 2 heterocycles.